The van der Waals surface area contributed by atoms with Crippen molar-refractivity contribution in [3.8, 4) is 17.1 Å². The van der Waals surface area contributed by atoms with E-state index in [4.69, 9.17) is 0 Å². The first-order valence-corrected chi connectivity index (χ1v) is 6.88. The molecule has 0 spiro atoms. The molecule has 1 aliphatic rings. The maximum Gasteiger partial charge on any atom is 0.280 e. The van der Waals surface area contributed by atoms with Crippen molar-refractivity contribution in [2.45, 2.75) is 13.3 Å². The molecule has 2 aromatic carbocycles. The monoisotopic (exact) mass is 275 g/mol. The zero-order valence-corrected chi connectivity index (χ0v) is 11.6. The summed E-state index contributed by atoms with van der Waals surface area (Å²) in [6, 6.07) is 16.0. The molecule has 0 bridgehead atoms. The largest absolute Gasteiger partial charge is 0.280 e. The first-order valence-electron chi connectivity index (χ1n) is 6.88. The van der Waals surface area contributed by atoms with Crippen molar-refractivity contribution >= 4 is 0 Å². The van der Waals surface area contributed by atoms with Crippen LogP contribution < -0.4 is 5.56 Å². The Bertz CT molecular complexity index is 912. The Morgan fingerprint density at radius 3 is 2.52 bits per heavy atom. The number of nitrogens with zero attached hydrogens (tertiary/aromatic N) is 3. The van der Waals surface area contributed by atoms with Gasteiger partial charge in [0, 0.05) is 12.0 Å². The highest BCUT2D eigenvalue weighted by Gasteiger charge is 2.21. The van der Waals surface area contributed by atoms with Gasteiger partial charge in [-0.15, -0.1) is 10.2 Å². The first kappa shape index (κ1) is 12.0. The minimum absolute atomic E-state index is 0.107. The molecule has 0 aliphatic carbocycles. The predicted octanol–water partition coefficient (Wildman–Crippen LogP) is 2.51. The van der Waals surface area contributed by atoms with E-state index in [9.17, 15) is 4.79 Å². The van der Waals surface area contributed by atoms with Crippen LogP contribution in [0.15, 0.2) is 53.3 Å². The second kappa shape index (κ2) is 4.38. The average Bonchev–Trinajstić information content (AvgIpc) is 2.65. The summed E-state index contributed by atoms with van der Waals surface area (Å²) in [5.41, 5.74) is 4.45. The molecule has 4 heteroatoms. The molecule has 1 aromatic heterocycles. The lowest BCUT2D eigenvalue weighted by atomic mass is 10.0. The second-order valence-electron chi connectivity index (χ2n) is 5.21. The summed E-state index contributed by atoms with van der Waals surface area (Å²) in [5, 5.41) is 8.31. The smallest absolute Gasteiger partial charge is 0.267 e. The fraction of sp³-hybridized carbons (Fsp3) is 0.118. The Labute approximate surface area is 121 Å². The maximum absolute atomic E-state index is 12.6. The lowest BCUT2D eigenvalue weighted by molar-refractivity contribution is 0.833. The van der Waals surface area contributed by atoms with Gasteiger partial charge in [-0.1, -0.05) is 42.5 Å². The molecule has 0 unspecified atom stereocenters. The molecule has 0 N–H and O–H groups in total. The molecule has 0 radical (unpaired) electrons. The van der Waals surface area contributed by atoms with Gasteiger partial charge in [0.15, 0.2) is 5.82 Å². The van der Waals surface area contributed by atoms with Crippen molar-refractivity contribution in [3.05, 3.63) is 75.7 Å². The first-order chi connectivity index (χ1) is 10.3. The van der Waals surface area contributed by atoms with Crippen LogP contribution in [-0.4, -0.2) is 14.8 Å². The van der Waals surface area contributed by atoms with Crippen molar-refractivity contribution in [1.82, 2.24) is 14.8 Å². The Hall–Kier alpha value is -2.75. The van der Waals surface area contributed by atoms with Gasteiger partial charge in [0.2, 0.25) is 0 Å². The van der Waals surface area contributed by atoms with Crippen LogP contribution in [0.3, 0.4) is 0 Å². The highest BCUT2D eigenvalue weighted by Crippen LogP contribution is 2.30. The minimum Gasteiger partial charge on any atom is -0.267 e. The number of hydrogen-bond acceptors (Lipinski definition) is 3. The van der Waals surface area contributed by atoms with Gasteiger partial charge in [0.1, 0.15) is 5.69 Å². The minimum atomic E-state index is -0.107. The van der Waals surface area contributed by atoms with Gasteiger partial charge in [-0.3, -0.25) is 9.36 Å². The molecule has 0 fully saturated rings. The number of fused-ring (bicyclic) bond motifs is 5. The van der Waals surface area contributed by atoms with Crippen molar-refractivity contribution < 1.29 is 0 Å². The number of aromatic nitrogens is 3. The van der Waals surface area contributed by atoms with Gasteiger partial charge in [0.25, 0.3) is 5.56 Å². The number of rotatable bonds is 0. The zero-order valence-electron chi connectivity index (χ0n) is 11.6. The second-order valence-corrected chi connectivity index (χ2v) is 5.21. The van der Waals surface area contributed by atoms with Crippen molar-refractivity contribution in [1.29, 1.82) is 0 Å². The van der Waals surface area contributed by atoms with E-state index in [1.807, 2.05) is 36.4 Å². The molecular weight excluding hydrogens is 262 g/mol. The Morgan fingerprint density at radius 1 is 0.952 bits per heavy atom. The summed E-state index contributed by atoms with van der Waals surface area (Å²) < 4.78 is 1.68. The number of hydrogen-bond donors (Lipinski definition) is 0. The average molecular weight is 275 g/mol. The van der Waals surface area contributed by atoms with Gasteiger partial charge < -0.3 is 0 Å². The SMILES string of the molecule is Cc1nnc2n(c1=O)-c1ccccc1Cc1ccccc1-2. The van der Waals surface area contributed by atoms with Gasteiger partial charge in [0.05, 0.1) is 5.69 Å². The standard InChI is InChI=1S/C17H13N3O/c1-11-17(21)20-15-9-5-3-7-13(15)10-12-6-2-4-8-14(12)16(20)19-18-11/h2-9H,10H2,1H3. The maximum atomic E-state index is 12.6. The molecule has 0 saturated heterocycles. The lowest BCUT2D eigenvalue weighted by Gasteiger charge is -2.11. The Morgan fingerprint density at radius 2 is 1.67 bits per heavy atom. The van der Waals surface area contributed by atoms with Crippen LogP contribution in [0, 0.1) is 6.92 Å². The van der Waals surface area contributed by atoms with E-state index >= 15 is 0 Å². The molecular formula is C17H13N3O. The number of para-hydroxylation sites is 1. The summed E-state index contributed by atoms with van der Waals surface area (Å²) in [7, 11) is 0. The summed E-state index contributed by atoms with van der Waals surface area (Å²) in [6.07, 6.45) is 0.786. The van der Waals surface area contributed by atoms with E-state index < -0.39 is 0 Å². The van der Waals surface area contributed by atoms with Crippen molar-refractivity contribution in [2.75, 3.05) is 0 Å². The van der Waals surface area contributed by atoms with E-state index in [1.54, 1.807) is 11.5 Å². The van der Waals surface area contributed by atoms with Crippen LogP contribution >= 0.6 is 0 Å². The molecule has 4 rings (SSSR count). The summed E-state index contributed by atoms with van der Waals surface area (Å²) >= 11 is 0. The normalized spacial score (nSPS) is 12.0. The van der Waals surface area contributed by atoms with Crippen molar-refractivity contribution in [3.63, 3.8) is 0 Å². The van der Waals surface area contributed by atoms with Crippen LogP contribution in [0.5, 0.6) is 0 Å². The highest BCUT2D eigenvalue weighted by atomic mass is 16.1. The number of aryl methyl sites for hydroxylation is 1. The summed E-state index contributed by atoms with van der Waals surface area (Å²) in [5.74, 6) is 0.617. The van der Waals surface area contributed by atoms with E-state index in [1.165, 1.54) is 0 Å². The quantitative estimate of drug-likeness (QED) is 0.495. The third-order valence-corrected chi connectivity index (χ3v) is 3.89. The molecule has 4 nitrogen and oxygen atoms in total. The van der Waals surface area contributed by atoms with Crippen LogP contribution in [0.2, 0.25) is 0 Å². The predicted molar refractivity (Wildman–Crippen MR) is 80.6 cm³/mol. The van der Waals surface area contributed by atoms with E-state index in [0.717, 1.165) is 28.8 Å². The molecule has 2 heterocycles. The van der Waals surface area contributed by atoms with E-state index in [0.29, 0.717) is 11.5 Å². The molecule has 0 amide bonds. The molecule has 21 heavy (non-hydrogen) atoms. The van der Waals surface area contributed by atoms with Crippen molar-refractivity contribution in [2.24, 2.45) is 0 Å². The van der Waals surface area contributed by atoms with Crippen LogP contribution in [0.4, 0.5) is 0 Å². The lowest BCUT2D eigenvalue weighted by Crippen LogP contribution is -2.25. The van der Waals surface area contributed by atoms with Gasteiger partial charge in [-0.05, 0) is 24.1 Å². The number of benzene rings is 2. The Balaban J connectivity index is 2.20. The molecule has 0 saturated carbocycles. The third-order valence-electron chi connectivity index (χ3n) is 3.89. The highest BCUT2D eigenvalue weighted by molar-refractivity contribution is 5.67. The van der Waals surface area contributed by atoms with Crippen LogP contribution in [0.25, 0.3) is 17.1 Å². The molecule has 3 aromatic rings. The molecule has 1 aliphatic heterocycles. The topological polar surface area (TPSA) is 47.8 Å². The third kappa shape index (κ3) is 1.72. The van der Waals surface area contributed by atoms with Gasteiger partial charge in [-0.2, -0.15) is 0 Å². The fourth-order valence-corrected chi connectivity index (χ4v) is 2.84. The zero-order chi connectivity index (χ0) is 14.4. The Kier molecular flexibility index (Phi) is 2.51. The van der Waals surface area contributed by atoms with Crippen LogP contribution in [-0.2, 0) is 6.42 Å². The van der Waals surface area contributed by atoms with Crippen LogP contribution in [0.1, 0.15) is 16.8 Å². The molecule has 102 valence electrons. The van der Waals surface area contributed by atoms with E-state index in [-0.39, 0.29) is 5.56 Å². The fourth-order valence-electron chi connectivity index (χ4n) is 2.84. The van der Waals surface area contributed by atoms with E-state index in [2.05, 4.69) is 22.3 Å². The summed E-state index contributed by atoms with van der Waals surface area (Å²) in [4.78, 5) is 12.6. The van der Waals surface area contributed by atoms with Gasteiger partial charge >= 0.3 is 0 Å². The summed E-state index contributed by atoms with van der Waals surface area (Å²) in [6.45, 7) is 1.70. The van der Waals surface area contributed by atoms with Gasteiger partial charge in [-0.25, -0.2) is 0 Å². The molecule has 0 atom stereocenters.